The molecule has 6 nitrogen and oxygen atoms in total. The van der Waals surface area contributed by atoms with Gasteiger partial charge in [-0.05, 0) is 48.9 Å². The lowest BCUT2D eigenvalue weighted by Gasteiger charge is -2.41. The van der Waals surface area contributed by atoms with Crippen molar-refractivity contribution in [3.05, 3.63) is 24.3 Å². The zero-order valence-electron chi connectivity index (χ0n) is 15.7. The van der Waals surface area contributed by atoms with Crippen LogP contribution >= 0.6 is 11.8 Å². The van der Waals surface area contributed by atoms with Gasteiger partial charge in [0.25, 0.3) is 0 Å². The third kappa shape index (κ3) is 4.29. The van der Waals surface area contributed by atoms with Crippen molar-refractivity contribution in [2.45, 2.75) is 37.3 Å². The van der Waals surface area contributed by atoms with E-state index < -0.39 is 0 Å². The van der Waals surface area contributed by atoms with Crippen molar-refractivity contribution in [1.82, 2.24) is 20.1 Å². The van der Waals surface area contributed by atoms with Crippen LogP contribution in [0.15, 0.2) is 29.4 Å². The number of aromatic nitrogens is 3. The van der Waals surface area contributed by atoms with E-state index in [0.29, 0.717) is 22.7 Å². The summed E-state index contributed by atoms with van der Waals surface area (Å²) in [4.78, 5) is 19.2. The molecule has 1 saturated carbocycles. The van der Waals surface area contributed by atoms with Gasteiger partial charge in [0, 0.05) is 18.7 Å². The van der Waals surface area contributed by atoms with Crippen LogP contribution in [-0.2, 0) is 4.79 Å². The van der Waals surface area contributed by atoms with Crippen LogP contribution in [0.2, 0.25) is 0 Å². The molecule has 2 fully saturated rings. The van der Waals surface area contributed by atoms with Crippen LogP contribution in [0.3, 0.4) is 0 Å². The van der Waals surface area contributed by atoms with Crippen LogP contribution in [0.1, 0.15) is 32.1 Å². The highest BCUT2D eigenvalue weighted by Gasteiger charge is 2.32. The smallest absolute Gasteiger partial charge is 0.233 e. The standard InChI is InChI=1S/C20H26N4O2S/c1-26-17-8-6-15(7-9-17)19-21-20(23-22-19)27-13-18(25)24-11-10-14-4-2-3-5-16(14)12-24/h6-9,14,16H,2-5,10-13H2,1H3,(H,21,22,23)/t14-,16-/m0/s1. The Morgan fingerprint density at radius 3 is 2.78 bits per heavy atom. The number of carbonyl (C=O) groups excluding carboxylic acids is 1. The molecule has 27 heavy (non-hydrogen) atoms. The van der Waals surface area contributed by atoms with E-state index in [4.69, 9.17) is 4.74 Å². The lowest BCUT2D eigenvalue weighted by atomic mass is 9.75. The number of ether oxygens (including phenoxy) is 1. The number of methoxy groups -OCH3 is 1. The summed E-state index contributed by atoms with van der Waals surface area (Å²) in [5.41, 5.74) is 0.945. The van der Waals surface area contributed by atoms with Gasteiger partial charge in [-0.25, -0.2) is 4.98 Å². The molecule has 1 saturated heterocycles. The van der Waals surface area contributed by atoms with Gasteiger partial charge in [-0.3, -0.25) is 9.89 Å². The molecule has 0 radical (unpaired) electrons. The van der Waals surface area contributed by atoms with E-state index in [1.54, 1.807) is 7.11 Å². The summed E-state index contributed by atoms with van der Waals surface area (Å²) in [7, 11) is 1.64. The summed E-state index contributed by atoms with van der Waals surface area (Å²) in [5.74, 6) is 3.68. The molecule has 4 rings (SSSR count). The first-order valence-corrected chi connectivity index (χ1v) is 10.7. The molecule has 1 aromatic heterocycles. The minimum absolute atomic E-state index is 0.208. The molecule has 2 heterocycles. The third-order valence-electron chi connectivity index (χ3n) is 5.80. The first-order valence-electron chi connectivity index (χ1n) is 9.70. The van der Waals surface area contributed by atoms with Gasteiger partial charge in [-0.2, -0.15) is 0 Å². The number of benzene rings is 1. The largest absolute Gasteiger partial charge is 0.497 e. The molecule has 1 aliphatic heterocycles. The Morgan fingerprint density at radius 2 is 2.00 bits per heavy atom. The normalized spacial score (nSPS) is 22.3. The van der Waals surface area contributed by atoms with Gasteiger partial charge in [-0.15, -0.1) is 5.10 Å². The van der Waals surface area contributed by atoms with Crippen LogP contribution < -0.4 is 4.74 Å². The van der Waals surface area contributed by atoms with Crippen molar-refractivity contribution < 1.29 is 9.53 Å². The van der Waals surface area contributed by atoms with Gasteiger partial charge in [0.05, 0.1) is 12.9 Å². The maximum atomic E-state index is 12.6. The molecular weight excluding hydrogens is 360 g/mol. The number of amides is 1. The van der Waals surface area contributed by atoms with Crippen LogP contribution in [-0.4, -0.2) is 51.9 Å². The SMILES string of the molecule is COc1ccc(-c2nc(SCC(=O)N3CC[C@@H]4CCCC[C@H]4C3)n[nH]2)cc1. The van der Waals surface area contributed by atoms with E-state index in [-0.39, 0.29) is 5.91 Å². The summed E-state index contributed by atoms with van der Waals surface area (Å²) >= 11 is 1.41. The van der Waals surface area contributed by atoms with Gasteiger partial charge >= 0.3 is 0 Å². The van der Waals surface area contributed by atoms with Gasteiger partial charge in [0.2, 0.25) is 11.1 Å². The quantitative estimate of drug-likeness (QED) is 0.795. The van der Waals surface area contributed by atoms with E-state index in [1.807, 2.05) is 24.3 Å². The zero-order valence-corrected chi connectivity index (χ0v) is 16.5. The topological polar surface area (TPSA) is 71.1 Å². The monoisotopic (exact) mass is 386 g/mol. The number of hydrogen-bond donors (Lipinski definition) is 1. The second kappa shape index (κ2) is 8.33. The number of thioether (sulfide) groups is 1. The minimum Gasteiger partial charge on any atom is -0.497 e. The highest BCUT2D eigenvalue weighted by molar-refractivity contribution is 7.99. The molecule has 0 spiro atoms. The van der Waals surface area contributed by atoms with Gasteiger partial charge in [-0.1, -0.05) is 31.0 Å². The predicted octanol–water partition coefficient (Wildman–Crippen LogP) is 3.61. The van der Waals surface area contributed by atoms with Crippen molar-refractivity contribution >= 4 is 17.7 Å². The molecule has 1 amide bonds. The Bertz CT molecular complexity index is 777. The van der Waals surface area contributed by atoms with Crippen molar-refractivity contribution in [1.29, 1.82) is 0 Å². The number of nitrogens with zero attached hydrogens (tertiary/aromatic N) is 3. The van der Waals surface area contributed by atoms with Gasteiger partial charge in [0.15, 0.2) is 5.82 Å². The molecule has 1 N–H and O–H groups in total. The molecule has 7 heteroatoms. The molecule has 2 aromatic rings. The first kappa shape index (κ1) is 18.3. The Labute approximate surface area is 164 Å². The average molecular weight is 387 g/mol. The number of carbonyl (C=O) groups is 1. The van der Waals surface area contributed by atoms with E-state index in [9.17, 15) is 4.79 Å². The molecule has 2 atom stereocenters. The van der Waals surface area contributed by atoms with Crippen molar-refractivity contribution in [2.75, 3.05) is 26.0 Å². The maximum Gasteiger partial charge on any atom is 0.233 e. The molecule has 0 unspecified atom stereocenters. The fourth-order valence-electron chi connectivity index (χ4n) is 4.23. The lowest BCUT2D eigenvalue weighted by molar-refractivity contribution is -0.131. The number of aromatic amines is 1. The van der Waals surface area contributed by atoms with E-state index in [2.05, 4.69) is 20.1 Å². The number of hydrogen-bond acceptors (Lipinski definition) is 5. The molecule has 2 aliphatic rings. The summed E-state index contributed by atoms with van der Waals surface area (Å²) in [6.07, 6.45) is 6.50. The first-order chi connectivity index (χ1) is 13.2. The van der Waals surface area contributed by atoms with Gasteiger partial charge < -0.3 is 9.64 Å². The molecule has 0 bridgehead atoms. The van der Waals surface area contributed by atoms with Crippen LogP contribution in [0.25, 0.3) is 11.4 Å². The van der Waals surface area contributed by atoms with Crippen molar-refractivity contribution in [2.24, 2.45) is 11.8 Å². The summed E-state index contributed by atoms with van der Waals surface area (Å²) < 4.78 is 5.17. The van der Waals surface area contributed by atoms with E-state index >= 15 is 0 Å². The van der Waals surface area contributed by atoms with Gasteiger partial charge in [0.1, 0.15) is 5.75 Å². The summed E-state index contributed by atoms with van der Waals surface area (Å²) in [6, 6.07) is 7.66. The van der Waals surface area contributed by atoms with E-state index in [1.165, 1.54) is 43.9 Å². The van der Waals surface area contributed by atoms with Crippen molar-refractivity contribution in [3.63, 3.8) is 0 Å². The second-order valence-corrected chi connectivity index (χ2v) is 8.36. The zero-order chi connectivity index (χ0) is 18.6. The summed E-state index contributed by atoms with van der Waals surface area (Å²) in [5, 5.41) is 7.81. The highest BCUT2D eigenvalue weighted by Crippen LogP contribution is 2.36. The number of nitrogens with one attached hydrogen (secondary N) is 1. The average Bonchev–Trinajstić information content (AvgIpc) is 3.21. The molecule has 144 valence electrons. The predicted molar refractivity (Wildman–Crippen MR) is 106 cm³/mol. The number of fused-ring (bicyclic) bond motifs is 1. The minimum atomic E-state index is 0.208. The number of H-pyrrole nitrogens is 1. The Hall–Kier alpha value is -2.02. The van der Waals surface area contributed by atoms with Crippen LogP contribution in [0, 0.1) is 11.8 Å². The Balaban J connectivity index is 1.31. The Kier molecular flexibility index (Phi) is 5.66. The summed E-state index contributed by atoms with van der Waals surface area (Å²) in [6.45, 7) is 1.85. The van der Waals surface area contributed by atoms with Crippen LogP contribution in [0.4, 0.5) is 0 Å². The number of rotatable bonds is 5. The highest BCUT2D eigenvalue weighted by atomic mass is 32.2. The lowest BCUT2D eigenvalue weighted by Crippen LogP contribution is -2.45. The maximum absolute atomic E-state index is 12.6. The van der Waals surface area contributed by atoms with Crippen molar-refractivity contribution in [3.8, 4) is 17.1 Å². The number of likely N-dealkylation sites (tertiary alicyclic amines) is 1. The second-order valence-electron chi connectivity index (χ2n) is 7.42. The molecule has 1 aromatic carbocycles. The van der Waals surface area contributed by atoms with E-state index in [0.717, 1.165) is 30.3 Å². The fourth-order valence-corrected chi connectivity index (χ4v) is 4.94. The molecule has 1 aliphatic carbocycles. The third-order valence-corrected chi connectivity index (χ3v) is 6.63. The number of piperidine rings is 1. The van der Waals surface area contributed by atoms with Crippen LogP contribution in [0.5, 0.6) is 5.75 Å². The Morgan fingerprint density at radius 1 is 1.22 bits per heavy atom. The molecular formula is C20H26N4O2S. The fraction of sp³-hybridized carbons (Fsp3) is 0.550.